The molecule has 0 amide bonds. The first-order chi connectivity index (χ1) is 7.31. The van der Waals surface area contributed by atoms with Crippen molar-refractivity contribution in [1.29, 1.82) is 0 Å². The number of terminal acetylenes is 1. The van der Waals surface area contributed by atoms with Gasteiger partial charge in [-0.15, -0.1) is 12.3 Å². The van der Waals surface area contributed by atoms with Gasteiger partial charge in [-0.2, -0.15) is 5.10 Å². The number of benzene rings is 1. The van der Waals surface area contributed by atoms with Crippen LogP contribution in [0, 0.1) is 18.2 Å². The third kappa shape index (κ3) is 1.89. The number of nitrogens with one attached hydrogen (secondary N) is 1. The number of aromatic amines is 1. The first kappa shape index (κ1) is 9.47. The average Bonchev–Trinajstić information content (AvgIpc) is 2.68. The lowest BCUT2D eigenvalue weighted by Crippen LogP contribution is -1.85. The van der Waals surface area contributed by atoms with Crippen LogP contribution in [-0.4, -0.2) is 10.2 Å². The second-order valence-electron chi connectivity index (χ2n) is 3.16. The summed E-state index contributed by atoms with van der Waals surface area (Å²) in [6, 6.07) is 6.22. The van der Waals surface area contributed by atoms with Crippen LogP contribution in [0.1, 0.15) is 5.56 Å². The lowest BCUT2D eigenvalue weighted by Gasteiger charge is -2.00. The molecule has 0 spiro atoms. The molecule has 2 nitrogen and oxygen atoms in total. The molecule has 0 bridgehead atoms. The van der Waals surface area contributed by atoms with Gasteiger partial charge in [0.25, 0.3) is 0 Å². The van der Waals surface area contributed by atoms with Crippen LogP contribution in [0.4, 0.5) is 4.39 Å². The minimum atomic E-state index is -0.253. The second-order valence-corrected chi connectivity index (χ2v) is 3.16. The Bertz CT molecular complexity index is 491. The van der Waals surface area contributed by atoms with E-state index in [4.69, 9.17) is 6.42 Å². The van der Waals surface area contributed by atoms with Crippen molar-refractivity contribution in [2.45, 2.75) is 6.42 Å². The summed E-state index contributed by atoms with van der Waals surface area (Å²) < 4.78 is 12.7. The van der Waals surface area contributed by atoms with Crippen molar-refractivity contribution in [3.05, 3.63) is 41.8 Å². The number of halogens is 1. The van der Waals surface area contributed by atoms with Crippen LogP contribution in [0.25, 0.3) is 11.3 Å². The van der Waals surface area contributed by atoms with E-state index in [-0.39, 0.29) is 5.82 Å². The molecule has 0 aliphatic carbocycles. The van der Waals surface area contributed by atoms with E-state index in [1.807, 2.05) is 0 Å². The van der Waals surface area contributed by atoms with Gasteiger partial charge < -0.3 is 0 Å². The van der Waals surface area contributed by atoms with E-state index in [1.54, 1.807) is 18.3 Å². The van der Waals surface area contributed by atoms with Crippen molar-refractivity contribution >= 4 is 0 Å². The van der Waals surface area contributed by atoms with Gasteiger partial charge in [-0.05, 0) is 24.3 Å². The van der Waals surface area contributed by atoms with E-state index in [9.17, 15) is 4.39 Å². The zero-order valence-electron chi connectivity index (χ0n) is 8.00. The maximum absolute atomic E-state index is 12.7. The molecule has 15 heavy (non-hydrogen) atoms. The van der Waals surface area contributed by atoms with Crippen molar-refractivity contribution in [2.24, 2.45) is 0 Å². The molecule has 0 aliphatic rings. The predicted octanol–water partition coefficient (Wildman–Crippen LogP) is 2.39. The molecule has 0 fully saturated rings. The third-order valence-electron chi connectivity index (χ3n) is 2.14. The minimum absolute atomic E-state index is 0.253. The van der Waals surface area contributed by atoms with E-state index >= 15 is 0 Å². The molecule has 1 N–H and O–H groups in total. The Morgan fingerprint density at radius 3 is 2.73 bits per heavy atom. The molecule has 0 aliphatic heterocycles. The fraction of sp³-hybridized carbons (Fsp3) is 0.0833. The van der Waals surface area contributed by atoms with Gasteiger partial charge in [-0.1, -0.05) is 0 Å². The molecule has 3 heteroatoms. The van der Waals surface area contributed by atoms with Gasteiger partial charge >= 0.3 is 0 Å². The number of rotatable bonds is 2. The quantitative estimate of drug-likeness (QED) is 0.741. The molecule has 0 unspecified atom stereocenters. The molecule has 1 heterocycles. The maximum Gasteiger partial charge on any atom is 0.123 e. The Kier molecular flexibility index (Phi) is 2.51. The molecular weight excluding hydrogens is 191 g/mol. The molecule has 0 saturated carbocycles. The Morgan fingerprint density at radius 1 is 1.33 bits per heavy atom. The Hall–Kier alpha value is -2.08. The summed E-state index contributed by atoms with van der Waals surface area (Å²) in [6.07, 6.45) is 7.45. The summed E-state index contributed by atoms with van der Waals surface area (Å²) >= 11 is 0. The summed E-state index contributed by atoms with van der Waals surface area (Å²) in [6.45, 7) is 0. The predicted molar refractivity (Wildman–Crippen MR) is 56.5 cm³/mol. The van der Waals surface area contributed by atoms with Crippen LogP contribution in [0.3, 0.4) is 0 Å². The summed E-state index contributed by atoms with van der Waals surface area (Å²) in [5, 5.41) is 6.78. The molecule has 0 atom stereocenters. The number of aromatic nitrogens is 2. The third-order valence-corrected chi connectivity index (χ3v) is 2.14. The average molecular weight is 200 g/mol. The van der Waals surface area contributed by atoms with E-state index < -0.39 is 0 Å². The first-order valence-corrected chi connectivity index (χ1v) is 4.53. The number of hydrogen-bond donors (Lipinski definition) is 1. The van der Waals surface area contributed by atoms with Crippen molar-refractivity contribution in [3.8, 4) is 23.6 Å². The monoisotopic (exact) mass is 200 g/mol. The van der Waals surface area contributed by atoms with Crippen LogP contribution in [0.5, 0.6) is 0 Å². The van der Waals surface area contributed by atoms with E-state index in [0.29, 0.717) is 6.42 Å². The molecular formula is C12H9FN2. The first-order valence-electron chi connectivity index (χ1n) is 4.53. The van der Waals surface area contributed by atoms with Crippen LogP contribution < -0.4 is 0 Å². The Labute approximate surface area is 87.1 Å². The Morgan fingerprint density at radius 2 is 2.07 bits per heavy atom. The molecule has 74 valence electrons. The van der Waals surface area contributed by atoms with Gasteiger partial charge in [0, 0.05) is 17.5 Å². The van der Waals surface area contributed by atoms with Gasteiger partial charge in [0.1, 0.15) is 5.82 Å². The standard InChI is InChI=1S/C12H9FN2/c1-2-3-10-8-14-15-12(10)9-4-6-11(13)7-5-9/h1,4-8H,3H2,(H,14,15). The number of H-pyrrole nitrogens is 1. The lowest BCUT2D eigenvalue weighted by molar-refractivity contribution is 0.628. The zero-order valence-corrected chi connectivity index (χ0v) is 8.00. The van der Waals surface area contributed by atoms with Gasteiger partial charge in [-0.25, -0.2) is 4.39 Å². The van der Waals surface area contributed by atoms with Crippen LogP contribution in [0.2, 0.25) is 0 Å². The highest BCUT2D eigenvalue weighted by Gasteiger charge is 2.06. The highest BCUT2D eigenvalue weighted by molar-refractivity contribution is 5.62. The molecule has 2 aromatic rings. The number of nitrogens with zero attached hydrogens (tertiary/aromatic N) is 1. The molecule has 0 saturated heterocycles. The summed E-state index contributed by atoms with van der Waals surface area (Å²) in [7, 11) is 0. The fourth-order valence-electron chi connectivity index (χ4n) is 1.42. The van der Waals surface area contributed by atoms with Crippen molar-refractivity contribution in [3.63, 3.8) is 0 Å². The van der Waals surface area contributed by atoms with Crippen molar-refractivity contribution < 1.29 is 4.39 Å². The minimum Gasteiger partial charge on any atom is -0.278 e. The highest BCUT2D eigenvalue weighted by Crippen LogP contribution is 2.21. The molecule has 1 aromatic carbocycles. The van der Waals surface area contributed by atoms with Gasteiger partial charge in [0.2, 0.25) is 0 Å². The van der Waals surface area contributed by atoms with E-state index in [1.165, 1.54) is 12.1 Å². The Balaban J connectivity index is 2.41. The van der Waals surface area contributed by atoms with Crippen molar-refractivity contribution in [2.75, 3.05) is 0 Å². The largest absolute Gasteiger partial charge is 0.278 e. The lowest BCUT2D eigenvalue weighted by atomic mass is 10.1. The fourth-order valence-corrected chi connectivity index (χ4v) is 1.42. The zero-order chi connectivity index (χ0) is 10.7. The van der Waals surface area contributed by atoms with Crippen LogP contribution >= 0.6 is 0 Å². The smallest absolute Gasteiger partial charge is 0.123 e. The molecule has 1 aromatic heterocycles. The summed E-state index contributed by atoms with van der Waals surface area (Å²) in [4.78, 5) is 0. The van der Waals surface area contributed by atoms with E-state index in [0.717, 1.165) is 16.8 Å². The van der Waals surface area contributed by atoms with E-state index in [2.05, 4.69) is 16.1 Å². The number of hydrogen-bond acceptors (Lipinski definition) is 1. The molecule has 2 rings (SSSR count). The normalized spacial score (nSPS) is 9.87. The summed E-state index contributed by atoms with van der Waals surface area (Å²) in [5.41, 5.74) is 2.69. The van der Waals surface area contributed by atoms with Gasteiger partial charge in [-0.3, -0.25) is 5.10 Å². The van der Waals surface area contributed by atoms with Gasteiger partial charge in [0.15, 0.2) is 0 Å². The summed E-state index contributed by atoms with van der Waals surface area (Å²) in [5.74, 6) is 2.30. The SMILES string of the molecule is C#CCc1cn[nH]c1-c1ccc(F)cc1. The van der Waals surface area contributed by atoms with Gasteiger partial charge in [0.05, 0.1) is 11.9 Å². The van der Waals surface area contributed by atoms with Crippen LogP contribution in [0.15, 0.2) is 30.5 Å². The maximum atomic E-state index is 12.7. The topological polar surface area (TPSA) is 28.7 Å². The van der Waals surface area contributed by atoms with Crippen molar-refractivity contribution in [1.82, 2.24) is 10.2 Å². The second kappa shape index (κ2) is 3.97. The molecule has 0 radical (unpaired) electrons. The van der Waals surface area contributed by atoms with Crippen LogP contribution in [-0.2, 0) is 6.42 Å². The highest BCUT2D eigenvalue weighted by atomic mass is 19.1.